The van der Waals surface area contributed by atoms with Crippen LogP contribution in [-0.2, 0) is 12.7 Å². The number of hydrogen-bond acceptors (Lipinski definition) is 1. The summed E-state index contributed by atoms with van der Waals surface area (Å²) in [6, 6.07) is 11.9. The molecule has 0 aliphatic rings. The molecule has 122 valence electrons. The summed E-state index contributed by atoms with van der Waals surface area (Å²) >= 11 is 0. The molecule has 0 aliphatic heterocycles. The van der Waals surface area contributed by atoms with Crippen LogP contribution in [0, 0.1) is 6.92 Å². The van der Waals surface area contributed by atoms with Crippen molar-refractivity contribution in [1.82, 2.24) is 4.90 Å². The number of rotatable bonds is 3. The highest BCUT2D eigenvalue weighted by Crippen LogP contribution is 2.32. The Hall–Kier alpha value is -2.50. The highest BCUT2D eigenvalue weighted by molar-refractivity contribution is 5.89. The quantitative estimate of drug-likeness (QED) is 0.874. The van der Waals surface area contributed by atoms with Crippen molar-refractivity contribution in [2.24, 2.45) is 0 Å². The second-order valence-electron chi connectivity index (χ2n) is 5.31. The molecule has 0 bridgehead atoms. The van der Waals surface area contributed by atoms with Gasteiger partial charge in [-0.3, -0.25) is 0 Å². The lowest BCUT2D eigenvalue weighted by Crippen LogP contribution is -2.31. The van der Waals surface area contributed by atoms with Crippen LogP contribution in [0.2, 0.25) is 0 Å². The van der Waals surface area contributed by atoms with E-state index in [0.717, 1.165) is 11.6 Å². The summed E-state index contributed by atoms with van der Waals surface area (Å²) in [5.74, 6) is 0. The van der Waals surface area contributed by atoms with Gasteiger partial charge in [0.2, 0.25) is 0 Å². The molecule has 2 aromatic rings. The third-order valence-corrected chi connectivity index (χ3v) is 3.38. The SMILES string of the molecule is Cc1ccc(NC(=O)N(C)Cc2ccccc2C(F)(F)F)cc1. The molecule has 0 saturated heterocycles. The van der Waals surface area contributed by atoms with Crippen LogP contribution in [0.4, 0.5) is 23.7 Å². The lowest BCUT2D eigenvalue weighted by molar-refractivity contribution is -0.138. The fraction of sp³-hybridized carbons (Fsp3) is 0.235. The number of aryl methyl sites for hydroxylation is 1. The van der Waals surface area contributed by atoms with Gasteiger partial charge in [0.1, 0.15) is 0 Å². The van der Waals surface area contributed by atoms with Crippen LogP contribution in [0.1, 0.15) is 16.7 Å². The van der Waals surface area contributed by atoms with Gasteiger partial charge in [0.05, 0.1) is 5.56 Å². The number of amides is 2. The summed E-state index contributed by atoms with van der Waals surface area (Å²) in [5, 5.41) is 2.65. The average Bonchev–Trinajstić information content (AvgIpc) is 2.49. The molecule has 23 heavy (non-hydrogen) atoms. The number of alkyl halides is 3. The van der Waals surface area contributed by atoms with E-state index in [9.17, 15) is 18.0 Å². The van der Waals surface area contributed by atoms with E-state index in [1.165, 1.54) is 30.1 Å². The number of halogens is 3. The maximum absolute atomic E-state index is 13.0. The Bertz CT molecular complexity index is 681. The van der Waals surface area contributed by atoms with Gasteiger partial charge in [0.15, 0.2) is 0 Å². The summed E-state index contributed by atoms with van der Waals surface area (Å²) in [6.45, 7) is 1.79. The van der Waals surface area contributed by atoms with E-state index < -0.39 is 17.8 Å². The molecule has 6 heteroatoms. The van der Waals surface area contributed by atoms with Crippen molar-refractivity contribution in [2.75, 3.05) is 12.4 Å². The first-order valence-corrected chi connectivity index (χ1v) is 7.01. The van der Waals surface area contributed by atoms with Crippen molar-refractivity contribution in [2.45, 2.75) is 19.6 Å². The van der Waals surface area contributed by atoms with Crippen LogP contribution in [0.25, 0.3) is 0 Å². The third-order valence-electron chi connectivity index (χ3n) is 3.38. The molecule has 0 aliphatic carbocycles. The van der Waals surface area contributed by atoms with Crippen molar-refractivity contribution in [3.63, 3.8) is 0 Å². The first kappa shape index (κ1) is 16.9. The van der Waals surface area contributed by atoms with Crippen LogP contribution < -0.4 is 5.32 Å². The van der Waals surface area contributed by atoms with E-state index in [0.29, 0.717) is 5.69 Å². The van der Waals surface area contributed by atoms with Crippen LogP contribution in [0.15, 0.2) is 48.5 Å². The molecule has 0 spiro atoms. The fourth-order valence-electron chi connectivity index (χ4n) is 2.12. The summed E-state index contributed by atoms with van der Waals surface area (Å²) in [4.78, 5) is 13.3. The van der Waals surface area contributed by atoms with Crippen LogP contribution in [0.5, 0.6) is 0 Å². The number of nitrogens with one attached hydrogen (secondary N) is 1. The molecular weight excluding hydrogens is 305 g/mol. The number of benzene rings is 2. The first-order chi connectivity index (χ1) is 10.8. The molecule has 0 fully saturated rings. The number of anilines is 1. The van der Waals surface area contributed by atoms with Gasteiger partial charge in [-0.2, -0.15) is 13.2 Å². The van der Waals surface area contributed by atoms with Crippen LogP contribution >= 0.6 is 0 Å². The topological polar surface area (TPSA) is 32.3 Å². The molecule has 0 radical (unpaired) electrons. The Morgan fingerprint density at radius 2 is 1.70 bits per heavy atom. The van der Waals surface area contributed by atoms with Crippen molar-refractivity contribution in [3.8, 4) is 0 Å². The van der Waals surface area contributed by atoms with E-state index in [1.807, 2.05) is 19.1 Å². The van der Waals surface area contributed by atoms with Gasteiger partial charge in [-0.15, -0.1) is 0 Å². The molecule has 2 amide bonds. The first-order valence-electron chi connectivity index (χ1n) is 7.01. The van der Waals surface area contributed by atoms with E-state index in [4.69, 9.17) is 0 Å². The predicted octanol–water partition coefficient (Wildman–Crippen LogP) is 4.68. The Kier molecular flexibility index (Phi) is 4.93. The second kappa shape index (κ2) is 6.73. The number of urea groups is 1. The predicted molar refractivity (Wildman–Crippen MR) is 83.1 cm³/mol. The zero-order chi connectivity index (χ0) is 17.0. The minimum Gasteiger partial charge on any atom is -0.323 e. The van der Waals surface area contributed by atoms with Gasteiger partial charge < -0.3 is 10.2 Å². The smallest absolute Gasteiger partial charge is 0.323 e. The highest BCUT2D eigenvalue weighted by Gasteiger charge is 2.33. The van der Waals surface area contributed by atoms with Crippen LogP contribution in [0.3, 0.4) is 0 Å². The Balaban J connectivity index is 2.08. The molecule has 0 saturated carbocycles. The summed E-state index contributed by atoms with van der Waals surface area (Å²) < 4.78 is 38.9. The normalized spacial score (nSPS) is 11.2. The van der Waals surface area contributed by atoms with Gasteiger partial charge >= 0.3 is 12.2 Å². The molecular formula is C17H17F3N2O. The standard InChI is InChI=1S/C17H17F3N2O/c1-12-7-9-14(10-8-12)21-16(23)22(2)11-13-5-3-4-6-15(13)17(18,19)20/h3-10H,11H2,1-2H3,(H,21,23). The molecule has 0 heterocycles. The molecule has 0 unspecified atom stereocenters. The van der Waals surface area contributed by atoms with Gasteiger partial charge in [0.25, 0.3) is 0 Å². The van der Waals surface area contributed by atoms with Gasteiger partial charge in [0, 0.05) is 19.3 Å². The van der Waals surface area contributed by atoms with E-state index in [2.05, 4.69) is 5.32 Å². The number of carbonyl (C=O) groups excluding carboxylic acids is 1. The van der Waals surface area contributed by atoms with Crippen molar-refractivity contribution >= 4 is 11.7 Å². The molecule has 2 rings (SSSR count). The van der Waals surface area contributed by atoms with E-state index in [-0.39, 0.29) is 12.1 Å². The van der Waals surface area contributed by atoms with Crippen molar-refractivity contribution in [3.05, 3.63) is 65.2 Å². The lowest BCUT2D eigenvalue weighted by atomic mass is 10.1. The zero-order valence-electron chi connectivity index (χ0n) is 12.8. The van der Waals surface area contributed by atoms with Crippen LogP contribution in [-0.4, -0.2) is 18.0 Å². The van der Waals surface area contributed by atoms with Gasteiger partial charge in [-0.25, -0.2) is 4.79 Å². The number of nitrogens with zero attached hydrogens (tertiary/aromatic N) is 1. The Morgan fingerprint density at radius 3 is 2.30 bits per heavy atom. The molecule has 1 N–H and O–H groups in total. The van der Waals surface area contributed by atoms with Gasteiger partial charge in [-0.05, 0) is 30.7 Å². The molecule has 0 atom stereocenters. The molecule has 3 nitrogen and oxygen atoms in total. The van der Waals surface area contributed by atoms with Gasteiger partial charge in [-0.1, -0.05) is 35.9 Å². The van der Waals surface area contributed by atoms with Crippen molar-refractivity contribution < 1.29 is 18.0 Å². The monoisotopic (exact) mass is 322 g/mol. The largest absolute Gasteiger partial charge is 0.416 e. The molecule has 0 aromatic heterocycles. The number of carbonyl (C=O) groups is 1. The summed E-state index contributed by atoms with van der Waals surface area (Å²) in [6.07, 6.45) is -4.44. The lowest BCUT2D eigenvalue weighted by Gasteiger charge is -2.20. The molecule has 2 aromatic carbocycles. The third kappa shape index (κ3) is 4.48. The maximum Gasteiger partial charge on any atom is 0.416 e. The minimum atomic E-state index is -4.44. The summed E-state index contributed by atoms with van der Waals surface area (Å²) in [7, 11) is 1.46. The minimum absolute atomic E-state index is 0.0570. The Labute approximate surface area is 132 Å². The number of hydrogen-bond donors (Lipinski definition) is 1. The average molecular weight is 322 g/mol. The van der Waals surface area contributed by atoms with Crippen molar-refractivity contribution in [1.29, 1.82) is 0 Å². The Morgan fingerprint density at radius 1 is 1.09 bits per heavy atom. The highest BCUT2D eigenvalue weighted by atomic mass is 19.4. The van der Waals surface area contributed by atoms with E-state index in [1.54, 1.807) is 12.1 Å². The maximum atomic E-state index is 13.0. The summed E-state index contributed by atoms with van der Waals surface area (Å²) in [5.41, 5.74) is 0.976. The fourth-order valence-corrected chi connectivity index (χ4v) is 2.12. The second-order valence-corrected chi connectivity index (χ2v) is 5.31. The zero-order valence-corrected chi connectivity index (χ0v) is 12.8. The van der Waals surface area contributed by atoms with E-state index >= 15 is 0 Å².